The van der Waals surface area contributed by atoms with Crippen LogP contribution in [0.2, 0.25) is 0 Å². The van der Waals surface area contributed by atoms with Crippen molar-refractivity contribution in [1.82, 2.24) is 10.2 Å². The zero-order chi connectivity index (χ0) is 13.8. The Balaban J connectivity index is 1.62. The van der Waals surface area contributed by atoms with Gasteiger partial charge >= 0.3 is 0 Å². The number of likely N-dealkylation sites (tertiary alicyclic amines) is 1. The number of hydrogen-bond acceptors (Lipinski definition) is 4. The highest BCUT2D eigenvalue weighted by atomic mass is 16.5. The van der Waals surface area contributed by atoms with Gasteiger partial charge in [-0.05, 0) is 25.5 Å². The van der Waals surface area contributed by atoms with Crippen molar-refractivity contribution in [3.8, 4) is 0 Å². The third-order valence-corrected chi connectivity index (χ3v) is 4.09. The first kappa shape index (κ1) is 13.6. The predicted molar refractivity (Wildman–Crippen MR) is 81.2 cm³/mol. The molecule has 0 radical (unpaired) electrons. The summed E-state index contributed by atoms with van der Waals surface area (Å²) < 4.78 is 6.11. The predicted octanol–water partition coefficient (Wildman–Crippen LogP) is 1.65. The minimum atomic E-state index is 0.401. The second kappa shape index (κ2) is 6.37. The standard InChI is InChI=1S/C16H23N3O/c1-19-10-6-14(7-11-19)20-12-13-4-2-3-5-15(13)16-17-8-9-18-16/h2-5,14H,6-12H2,1H3,(H,17,18). The molecule has 2 aliphatic rings. The van der Waals surface area contributed by atoms with Crippen LogP contribution in [0.5, 0.6) is 0 Å². The molecule has 4 nitrogen and oxygen atoms in total. The molecule has 0 unspecified atom stereocenters. The van der Waals surface area contributed by atoms with E-state index in [4.69, 9.17) is 4.74 Å². The minimum absolute atomic E-state index is 0.401. The smallest absolute Gasteiger partial charge is 0.128 e. The second-order valence-electron chi connectivity index (χ2n) is 5.63. The van der Waals surface area contributed by atoms with Crippen LogP contribution in [-0.2, 0) is 11.3 Å². The van der Waals surface area contributed by atoms with Gasteiger partial charge in [0, 0.05) is 25.2 Å². The second-order valence-corrected chi connectivity index (χ2v) is 5.63. The van der Waals surface area contributed by atoms with Crippen molar-refractivity contribution in [2.45, 2.75) is 25.6 Å². The van der Waals surface area contributed by atoms with E-state index < -0.39 is 0 Å². The van der Waals surface area contributed by atoms with E-state index in [0.29, 0.717) is 12.7 Å². The Morgan fingerprint density at radius 2 is 2.10 bits per heavy atom. The molecule has 4 heteroatoms. The van der Waals surface area contributed by atoms with Gasteiger partial charge in [-0.25, -0.2) is 0 Å². The van der Waals surface area contributed by atoms with Gasteiger partial charge in [-0.2, -0.15) is 0 Å². The van der Waals surface area contributed by atoms with Crippen LogP contribution in [0.3, 0.4) is 0 Å². The average molecular weight is 273 g/mol. The summed E-state index contributed by atoms with van der Waals surface area (Å²) in [6.45, 7) is 4.78. The van der Waals surface area contributed by atoms with Gasteiger partial charge in [-0.3, -0.25) is 4.99 Å². The third kappa shape index (κ3) is 3.19. The van der Waals surface area contributed by atoms with Gasteiger partial charge in [0.05, 0.1) is 19.3 Å². The molecule has 0 aromatic heterocycles. The SMILES string of the molecule is CN1CCC(OCc2ccccc2C2=NCCN2)CC1. The lowest BCUT2D eigenvalue weighted by molar-refractivity contribution is 0.00208. The minimum Gasteiger partial charge on any atom is -0.373 e. The zero-order valence-corrected chi connectivity index (χ0v) is 12.1. The molecule has 0 saturated carbocycles. The number of ether oxygens (including phenoxy) is 1. The Morgan fingerprint density at radius 3 is 2.85 bits per heavy atom. The molecule has 2 aliphatic heterocycles. The van der Waals surface area contributed by atoms with Crippen molar-refractivity contribution in [2.75, 3.05) is 33.2 Å². The molecular formula is C16H23N3O. The van der Waals surface area contributed by atoms with Crippen LogP contribution in [0.15, 0.2) is 29.3 Å². The molecule has 1 N–H and O–H groups in total. The molecule has 0 spiro atoms. The lowest BCUT2D eigenvalue weighted by Gasteiger charge is -2.29. The van der Waals surface area contributed by atoms with Gasteiger partial charge in [0.2, 0.25) is 0 Å². The Hall–Kier alpha value is -1.39. The molecule has 1 saturated heterocycles. The van der Waals surface area contributed by atoms with E-state index in [0.717, 1.165) is 44.9 Å². The maximum Gasteiger partial charge on any atom is 0.128 e. The fourth-order valence-electron chi connectivity index (χ4n) is 2.81. The summed E-state index contributed by atoms with van der Waals surface area (Å²) in [5.74, 6) is 1.02. The number of hydrogen-bond donors (Lipinski definition) is 1. The molecule has 0 atom stereocenters. The van der Waals surface area contributed by atoms with Crippen LogP contribution >= 0.6 is 0 Å². The van der Waals surface area contributed by atoms with Crippen LogP contribution < -0.4 is 5.32 Å². The maximum absolute atomic E-state index is 6.11. The summed E-state index contributed by atoms with van der Waals surface area (Å²) in [5.41, 5.74) is 2.43. The van der Waals surface area contributed by atoms with E-state index in [-0.39, 0.29) is 0 Å². The molecular weight excluding hydrogens is 250 g/mol. The summed E-state index contributed by atoms with van der Waals surface area (Å²) in [5, 5.41) is 3.34. The van der Waals surface area contributed by atoms with Crippen LogP contribution in [0, 0.1) is 0 Å². The monoisotopic (exact) mass is 273 g/mol. The van der Waals surface area contributed by atoms with E-state index >= 15 is 0 Å². The Morgan fingerprint density at radius 1 is 1.30 bits per heavy atom. The van der Waals surface area contributed by atoms with Crippen LogP contribution in [0.1, 0.15) is 24.0 Å². The molecule has 0 bridgehead atoms. The van der Waals surface area contributed by atoms with Crippen molar-refractivity contribution in [1.29, 1.82) is 0 Å². The normalized spacial score (nSPS) is 20.8. The molecule has 0 aliphatic carbocycles. The summed E-state index contributed by atoms with van der Waals surface area (Å²) in [6.07, 6.45) is 2.67. The highest BCUT2D eigenvalue weighted by Crippen LogP contribution is 2.17. The van der Waals surface area contributed by atoms with Gasteiger partial charge in [-0.1, -0.05) is 24.3 Å². The van der Waals surface area contributed by atoms with Crippen molar-refractivity contribution in [3.05, 3.63) is 35.4 Å². The molecule has 1 aromatic carbocycles. The van der Waals surface area contributed by atoms with Crippen LogP contribution in [0.25, 0.3) is 0 Å². The highest BCUT2D eigenvalue weighted by molar-refractivity contribution is 6.00. The van der Waals surface area contributed by atoms with Gasteiger partial charge in [0.1, 0.15) is 5.84 Å². The quantitative estimate of drug-likeness (QED) is 0.906. The Bertz CT molecular complexity index is 478. The highest BCUT2D eigenvalue weighted by Gasteiger charge is 2.18. The fraction of sp³-hybridized carbons (Fsp3) is 0.562. The van der Waals surface area contributed by atoms with Gasteiger partial charge in [0.25, 0.3) is 0 Å². The number of benzene rings is 1. The number of nitrogens with zero attached hydrogens (tertiary/aromatic N) is 2. The molecule has 20 heavy (non-hydrogen) atoms. The summed E-state index contributed by atoms with van der Waals surface area (Å²) in [4.78, 5) is 6.88. The van der Waals surface area contributed by atoms with Crippen molar-refractivity contribution in [3.63, 3.8) is 0 Å². The first-order valence-corrected chi connectivity index (χ1v) is 7.49. The Kier molecular flexibility index (Phi) is 4.33. The third-order valence-electron chi connectivity index (χ3n) is 4.09. The van der Waals surface area contributed by atoms with E-state index in [1.165, 1.54) is 11.1 Å². The number of piperidine rings is 1. The van der Waals surface area contributed by atoms with Gasteiger partial charge in [-0.15, -0.1) is 0 Å². The fourth-order valence-corrected chi connectivity index (χ4v) is 2.81. The topological polar surface area (TPSA) is 36.9 Å². The zero-order valence-electron chi connectivity index (χ0n) is 12.1. The summed E-state index contributed by atoms with van der Waals surface area (Å²) >= 11 is 0. The Labute approximate surface area is 120 Å². The average Bonchev–Trinajstić information content (AvgIpc) is 3.01. The lowest BCUT2D eigenvalue weighted by atomic mass is 10.1. The molecule has 2 heterocycles. The largest absolute Gasteiger partial charge is 0.373 e. The molecule has 3 rings (SSSR count). The molecule has 1 fully saturated rings. The van der Waals surface area contributed by atoms with Gasteiger partial charge in [0.15, 0.2) is 0 Å². The van der Waals surface area contributed by atoms with Gasteiger partial charge < -0.3 is 15.0 Å². The van der Waals surface area contributed by atoms with E-state index in [9.17, 15) is 0 Å². The van der Waals surface area contributed by atoms with E-state index in [2.05, 4.69) is 46.5 Å². The van der Waals surface area contributed by atoms with Crippen molar-refractivity contribution < 1.29 is 4.74 Å². The number of nitrogens with one attached hydrogen (secondary N) is 1. The van der Waals surface area contributed by atoms with Crippen molar-refractivity contribution in [2.24, 2.45) is 4.99 Å². The lowest BCUT2D eigenvalue weighted by Crippen LogP contribution is -2.34. The maximum atomic E-state index is 6.11. The first-order chi connectivity index (χ1) is 9.83. The number of rotatable bonds is 4. The molecule has 108 valence electrons. The van der Waals surface area contributed by atoms with E-state index in [1.54, 1.807) is 0 Å². The van der Waals surface area contributed by atoms with Crippen LogP contribution in [0.4, 0.5) is 0 Å². The summed E-state index contributed by atoms with van der Waals surface area (Å²) in [6, 6.07) is 8.42. The van der Waals surface area contributed by atoms with Crippen molar-refractivity contribution >= 4 is 5.84 Å². The number of aliphatic imine (C=N–C) groups is 1. The number of amidine groups is 1. The summed E-state index contributed by atoms with van der Waals surface area (Å²) in [7, 11) is 2.18. The van der Waals surface area contributed by atoms with Crippen LogP contribution in [-0.4, -0.2) is 50.1 Å². The molecule has 1 aromatic rings. The molecule has 0 amide bonds. The van der Waals surface area contributed by atoms with E-state index in [1.807, 2.05) is 0 Å². The first-order valence-electron chi connectivity index (χ1n) is 7.49.